The highest BCUT2D eigenvalue weighted by Gasteiger charge is 2.40. The number of hydrogen-bond acceptors (Lipinski definition) is 10. The quantitative estimate of drug-likeness (QED) is 0.102. The Morgan fingerprint density at radius 3 is 2.43 bits per heavy atom. The van der Waals surface area contributed by atoms with Gasteiger partial charge in [0.15, 0.2) is 0 Å². The van der Waals surface area contributed by atoms with Crippen LogP contribution in [-0.2, 0) is 10.0 Å². The minimum absolute atomic E-state index is 0.0198. The highest BCUT2D eigenvalue weighted by atomic mass is 35.5. The van der Waals surface area contributed by atoms with Gasteiger partial charge in [0.2, 0.25) is 0 Å². The third-order valence-corrected chi connectivity index (χ3v) is 15.6. The number of allylic oxidation sites excluding steroid dienone is 1. The number of likely N-dealkylation sites (tertiary alicyclic amines) is 1. The molecule has 2 saturated heterocycles. The van der Waals surface area contributed by atoms with E-state index in [9.17, 15) is 23.1 Å². The van der Waals surface area contributed by atoms with Crippen molar-refractivity contribution in [2.75, 3.05) is 57.3 Å². The number of carbonyl (C=O) groups is 2. The topological polar surface area (TPSA) is 166 Å². The number of halogens is 2. The van der Waals surface area contributed by atoms with Gasteiger partial charge in [-0.2, -0.15) is 5.10 Å². The van der Waals surface area contributed by atoms with Gasteiger partial charge in [-0.3, -0.25) is 9.69 Å². The largest absolute Gasteiger partial charge is 0.489 e. The van der Waals surface area contributed by atoms with E-state index in [1.54, 1.807) is 23.1 Å². The second-order valence-electron chi connectivity index (χ2n) is 19.4. The number of alkyl halides is 1. The first-order chi connectivity index (χ1) is 32.1. The first kappa shape index (κ1) is 45.0. The number of ether oxygens (including phenoxy) is 1. The molecule has 10 rings (SSSR count). The van der Waals surface area contributed by atoms with Gasteiger partial charge in [-0.25, -0.2) is 32.0 Å². The van der Waals surface area contributed by atoms with Gasteiger partial charge >= 0.3 is 5.97 Å². The Morgan fingerprint density at radius 2 is 1.70 bits per heavy atom. The molecular weight excluding hydrogens is 895 g/mol. The minimum atomic E-state index is -4.63. The van der Waals surface area contributed by atoms with Crippen LogP contribution < -0.4 is 14.4 Å². The normalized spacial score (nSPS) is 19.3. The second-order valence-corrected chi connectivity index (χ2v) is 21.5. The summed E-state index contributed by atoms with van der Waals surface area (Å²) >= 11 is 6.26. The van der Waals surface area contributed by atoms with Crippen LogP contribution in [0.15, 0.2) is 95.7 Å². The van der Waals surface area contributed by atoms with E-state index in [-0.39, 0.29) is 36.2 Å². The van der Waals surface area contributed by atoms with E-state index in [2.05, 4.69) is 55.5 Å². The van der Waals surface area contributed by atoms with E-state index in [4.69, 9.17) is 21.3 Å². The summed E-state index contributed by atoms with van der Waals surface area (Å²) in [5, 5.41) is 16.3. The minimum Gasteiger partial charge on any atom is -0.489 e. The van der Waals surface area contributed by atoms with Crippen molar-refractivity contribution in [3.8, 4) is 11.4 Å². The molecule has 1 amide bonds. The number of anilines is 1. The lowest BCUT2D eigenvalue weighted by molar-refractivity contribution is 0.0146. The lowest BCUT2D eigenvalue weighted by Gasteiger charge is -2.39. The summed E-state index contributed by atoms with van der Waals surface area (Å²) in [6.07, 6.45) is 9.33. The predicted octanol–water partition coefficient (Wildman–Crippen LogP) is 8.50. The Balaban J connectivity index is 0.891. The smallest absolute Gasteiger partial charge is 0.339 e. The van der Waals surface area contributed by atoms with Crippen LogP contribution in [0.1, 0.15) is 85.1 Å². The molecule has 0 bridgehead atoms. The molecule has 3 aromatic heterocycles. The molecule has 14 nitrogen and oxygen atoms in total. The lowest BCUT2D eigenvalue weighted by atomic mass is 9.72. The number of fused-ring (bicyclic) bond motifs is 2. The zero-order chi connectivity index (χ0) is 46.7. The van der Waals surface area contributed by atoms with Crippen LogP contribution in [0.5, 0.6) is 5.75 Å². The molecule has 0 atom stereocenters. The highest BCUT2D eigenvalue weighted by Crippen LogP contribution is 2.44. The van der Waals surface area contributed by atoms with Crippen molar-refractivity contribution in [2.24, 2.45) is 5.41 Å². The molecule has 3 aromatic carbocycles. The second kappa shape index (κ2) is 17.7. The van der Waals surface area contributed by atoms with E-state index < -0.39 is 38.0 Å². The molecule has 2 aliphatic heterocycles. The van der Waals surface area contributed by atoms with Crippen molar-refractivity contribution in [3.05, 3.63) is 112 Å². The number of sulfonamides is 1. The van der Waals surface area contributed by atoms with E-state index in [1.807, 2.05) is 36.4 Å². The van der Waals surface area contributed by atoms with Gasteiger partial charge in [0.25, 0.3) is 15.9 Å². The Kier molecular flexibility index (Phi) is 11.9. The van der Waals surface area contributed by atoms with Gasteiger partial charge < -0.3 is 24.6 Å². The van der Waals surface area contributed by atoms with Gasteiger partial charge in [0.1, 0.15) is 34.8 Å². The third kappa shape index (κ3) is 9.54. The molecule has 17 heteroatoms. The summed E-state index contributed by atoms with van der Waals surface area (Å²) in [6.45, 7) is 9.45. The van der Waals surface area contributed by atoms with Gasteiger partial charge in [-0.1, -0.05) is 43.2 Å². The first-order valence-corrected chi connectivity index (χ1v) is 24.9. The zero-order valence-corrected chi connectivity index (χ0v) is 39.2. The maximum Gasteiger partial charge on any atom is 0.339 e. The number of carboxylic acid groups (broad SMARTS) is 1. The average molecular weight is 950 g/mol. The molecule has 0 radical (unpaired) electrons. The van der Waals surface area contributed by atoms with Crippen molar-refractivity contribution >= 4 is 66.8 Å². The molecule has 5 heterocycles. The van der Waals surface area contributed by atoms with Crippen molar-refractivity contribution in [2.45, 2.75) is 75.4 Å². The Morgan fingerprint density at radius 1 is 0.940 bits per heavy atom. The third-order valence-electron chi connectivity index (χ3n) is 14.0. The summed E-state index contributed by atoms with van der Waals surface area (Å²) in [7, 11) is -4.63. The number of amides is 1. The fraction of sp³-hybridized carbons (Fsp3) is 0.400. The van der Waals surface area contributed by atoms with Crippen LogP contribution >= 0.6 is 11.6 Å². The molecule has 1 saturated carbocycles. The summed E-state index contributed by atoms with van der Waals surface area (Å²) in [6, 6.07) is 21.0. The van der Waals surface area contributed by atoms with Gasteiger partial charge in [0, 0.05) is 74.1 Å². The Hall–Kier alpha value is -5.81. The summed E-state index contributed by atoms with van der Waals surface area (Å²) in [5.41, 5.74) is 5.24. The maximum absolute atomic E-state index is 15.7. The molecule has 3 N–H and O–H groups in total. The molecule has 350 valence electrons. The first-order valence-electron chi connectivity index (χ1n) is 23.0. The lowest BCUT2D eigenvalue weighted by Crippen LogP contribution is -2.47. The van der Waals surface area contributed by atoms with E-state index in [1.165, 1.54) is 22.8 Å². The van der Waals surface area contributed by atoms with Gasteiger partial charge in [0.05, 0.1) is 27.9 Å². The number of piperazine rings is 1. The molecule has 3 fully saturated rings. The van der Waals surface area contributed by atoms with Crippen molar-refractivity contribution < 1.29 is 32.2 Å². The van der Waals surface area contributed by atoms with Crippen LogP contribution in [0.25, 0.3) is 33.3 Å². The average Bonchev–Trinajstić information content (AvgIpc) is 3.92. The van der Waals surface area contributed by atoms with Crippen molar-refractivity contribution in [3.63, 3.8) is 0 Å². The number of benzene rings is 3. The monoisotopic (exact) mass is 948 g/mol. The highest BCUT2D eigenvalue weighted by molar-refractivity contribution is 7.90. The number of rotatable bonds is 13. The Labute approximate surface area is 393 Å². The van der Waals surface area contributed by atoms with Crippen LogP contribution in [0.3, 0.4) is 0 Å². The molecule has 4 aliphatic rings. The van der Waals surface area contributed by atoms with Gasteiger partial charge in [-0.05, 0) is 122 Å². The number of aromatic amines is 1. The molecule has 67 heavy (non-hydrogen) atoms. The SMILES string of the molecule is CC1(C)CCC(CN2CCN(c3ccc(C(=O)NS(=O)(=O)c4ccc(OCC5(F)CCN(C6CC6)CC5)c(C(=O)O)c4)c(-n4ncc5nc6[nH]ccc6cc54)c3)CC2)=C(c2ccc(Cl)cc2)C1. The fourth-order valence-electron chi connectivity index (χ4n) is 9.88. The summed E-state index contributed by atoms with van der Waals surface area (Å²) in [4.78, 5) is 41.1. The van der Waals surface area contributed by atoms with E-state index in [0.29, 0.717) is 41.5 Å². The summed E-state index contributed by atoms with van der Waals surface area (Å²) < 4.78 is 53.1. The van der Waals surface area contributed by atoms with Crippen molar-refractivity contribution in [1.82, 2.24) is 34.3 Å². The maximum atomic E-state index is 15.7. The number of pyridine rings is 1. The fourth-order valence-corrected chi connectivity index (χ4v) is 11.0. The number of aromatic nitrogens is 4. The molecule has 6 aromatic rings. The van der Waals surface area contributed by atoms with Crippen LogP contribution in [0.4, 0.5) is 10.1 Å². The molecule has 2 aliphatic carbocycles. The Bertz CT molecular complexity index is 3020. The number of aromatic carboxylic acids is 1. The molecule has 0 unspecified atom stereocenters. The van der Waals surface area contributed by atoms with Crippen LogP contribution in [0.2, 0.25) is 5.02 Å². The number of nitrogens with one attached hydrogen (secondary N) is 2. The number of piperidine rings is 1. The summed E-state index contributed by atoms with van der Waals surface area (Å²) in [5.74, 6) is -2.56. The number of carbonyl (C=O) groups excluding carboxylic acids is 1. The number of hydrogen-bond donors (Lipinski definition) is 3. The van der Waals surface area contributed by atoms with E-state index in [0.717, 1.165) is 93.1 Å². The number of H-pyrrole nitrogens is 1. The van der Waals surface area contributed by atoms with Gasteiger partial charge in [-0.15, -0.1) is 0 Å². The van der Waals surface area contributed by atoms with E-state index >= 15 is 4.39 Å². The number of nitrogens with zero attached hydrogens (tertiary/aromatic N) is 6. The van der Waals surface area contributed by atoms with Crippen molar-refractivity contribution in [1.29, 1.82) is 0 Å². The molecular formula is C50H54ClFN8O6S. The number of carboxylic acids is 1. The molecule has 0 spiro atoms. The van der Waals surface area contributed by atoms with Crippen LogP contribution in [0, 0.1) is 5.41 Å². The van der Waals surface area contributed by atoms with Crippen LogP contribution in [-0.4, -0.2) is 119 Å². The zero-order valence-electron chi connectivity index (χ0n) is 37.6. The predicted molar refractivity (Wildman–Crippen MR) is 257 cm³/mol. The standard InChI is InChI=1S/C50H54ClFN8O6S/c1-49(2)15-13-34(41(28-49)32-3-5-35(51)6-4-32)30-57-21-23-59(24-22-57)37-9-11-39(43(26-37)60-44-25-33-14-18-53-46(33)55-42(44)29-54-60)47(61)56-67(64,65)38-10-12-45(40(27-38)48(62)63)66-31-50(52)16-19-58(20-17-50)36-7-8-36/h3-6,9-12,14,18,25-27,29,36H,7-8,13,15-17,19-24,28,30-31H2,1-2H3,(H,53,55)(H,56,61)(H,62,63).